The van der Waals surface area contributed by atoms with Gasteiger partial charge in [-0.25, -0.2) is 9.97 Å². The first kappa shape index (κ1) is 10.5. The van der Waals surface area contributed by atoms with E-state index in [2.05, 4.69) is 39.1 Å². The number of hydrogen-bond donors (Lipinski definition) is 0. The van der Waals surface area contributed by atoms with Crippen molar-refractivity contribution in [1.82, 2.24) is 9.97 Å². The first-order valence-corrected chi connectivity index (χ1v) is 6.00. The lowest BCUT2D eigenvalue weighted by Crippen LogP contribution is -2.31. The van der Waals surface area contributed by atoms with Crippen molar-refractivity contribution in [2.75, 3.05) is 11.4 Å². The summed E-state index contributed by atoms with van der Waals surface area (Å²) in [5.74, 6) is 0.754. The van der Waals surface area contributed by atoms with Crippen molar-refractivity contribution in [2.45, 2.75) is 13.0 Å². The van der Waals surface area contributed by atoms with Gasteiger partial charge in [0.1, 0.15) is 0 Å². The van der Waals surface area contributed by atoms with Crippen molar-refractivity contribution in [1.29, 1.82) is 0 Å². The standard InChI is InChI=1S/C13H12ClN3/c14-12-7-15-13(16-8-12)17-6-5-10-3-1-2-4-11(10)9-17/h1-4,7-8H,5-6,9H2. The summed E-state index contributed by atoms with van der Waals surface area (Å²) >= 11 is 5.79. The number of aromatic nitrogens is 2. The molecule has 4 heteroatoms. The van der Waals surface area contributed by atoms with Crippen molar-refractivity contribution < 1.29 is 0 Å². The van der Waals surface area contributed by atoms with E-state index in [1.807, 2.05) is 0 Å². The van der Waals surface area contributed by atoms with Crippen LogP contribution in [0.5, 0.6) is 0 Å². The fourth-order valence-electron chi connectivity index (χ4n) is 2.14. The zero-order valence-electron chi connectivity index (χ0n) is 9.31. The van der Waals surface area contributed by atoms with Gasteiger partial charge >= 0.3 is 0 Å². The molecule has 0 atom stereocenters. The molecule has 0 fully saturated rings. The minimum absolute atomic E-state index is 0.575. The number of anilines is 1. The molecule has 0 amide bonds. The number of halogens is 1. The third-order valence-electron chi connectivity index (χ3n) is 3.02. The Morgan fingerprint density at radius 1 is 1.06 bits per heavy atom. The summed E-state index contributed by atoms with van der Waals surface area (Å²) in [5, 5.41) is 0.575. The maximum Gasteiger partial charge on any atom is 0.225 e. The average Bonchev–Trinajstić information content (AvgIpc) is 2.39. The van der Waals surface area contributed by atoms with Gasteiger partial charge in [-0.3, -0.25) is 0 Å². The van der Waals surface area contributed by atoms with Gasteiger partial charge in [0.25, 0.3) is 0 Å². The Hall–Kier alpha value is -1.61. The SMILES string of the molecule is Clc1cnc(N2CCc3ccccc3C2)nc1. The van der Waals surface area contributed by atoms with Gasteiger partial charge in [0.05, 0.1) is 17.4 Å². The number of hydrogen-bond acceptors (Lipinski definition) is 3. The minimum Gasteiger partial charge on any atom is -0.336 e. The van der Waals surface area contributed by atoms with E-state index >= 15 is 0 Å². The second-order valence-electron chi connectivity index (χ2n) is 4.14. The largest absolute Gasteiger partial charge is 0.336 e. The quantitative estimate of drug-likeness (QED) is 0.774. The molecule has 3 rings (SSSR count). The Balaban J connectivity index is 1.86. The predicted octanol–water partition coefficient (Wildman–Crippen LogP) is 2.69. The molecule has 0 saturated carbocycles. The molecule has 0 radical (unpaired) electrons. The minimum atomic E-state index is 0.575. The van der Waals surface area contributed by atoms with Crippen LogP contribution in [0.1, 0.15) is 11.1 Å². The van der Waals surface area contributed by atoms with Crippen LogP contribution in [0, 0.1) is 0 Å². The zero-order valence-corrected chi connectivity index (χ0v) is 10.1. The van der Waals surface area contributed by atoms with Gasteiger partial charge in [0.2, 0.25) is 5.95 Å². The lowest BCUT2D eigenvalue weighted by atomic mass is 10.0. The molecular formula is C13H12ClN3. The number of fused-ring (bicyclic) bond motifs is 1. The number of nitrogens with zero attached hydrogens (tertiary/aromatic N) is 3. The average molecular weight is 246 g/mol. The maximum atomic E-state index is 5.79. The molecule has 1 aliphatic heterocycles. The highest BCUT2D eigenvalue weighted by molar-refractivity contribution is 6.30. The molecule has 86 valence electrons. The fourth-order valence-corrected chi connectivity index (χ4v) is 2.23. The van der Waals surface area contributed by atoms with Gasteiger partial charge in [-0.05, 0) is 17.5 Å². The third-order valence-corrected chi connectivity index (χ3v) is 3.22. The van der Waals surface area contributed by atoms with Crippen LogP contribution in [0.15, 0.2) is 36.7 Å². The van der Waals surface area contributed by atoms with Gasteiger partial charge in [-0.2, -0.15) is 0 Å². The molecule has 1 aliphatic rings. The lowest BCUT2D eigenvalue weighted by molar-refractivity contribution is 0.707. The maximum absolute atomic E-state index is 5.79. The van der Waals surface area contributed by atoms with Crippen LogP contribution < -0.4 is 4.90 Å². The van der Waals surface area contributed by atoms with Crippen molar-refractivity contribution in [2.24, 2.45) is 0 Å². The summed E-state index contributed by atoms with van der Waals surface area (Å²) in [6, 6.07) is 8.52. The summed E-state index contributed by atoms with van der Waals surface area (Å²) in [6.07, 6.45) is 4.33. The lowest BCUT2D eigenvalue weighted by Gasteiger charge is -2.28. The fraction of sp³-hybridized carbons (Fsp3) is 0.231. The molecule has 0 aliphatic carbocycles. The smallest absolute Gasteiger partial charge is 0.225 e. The second-order valence-corrected chi connectivity index (χ2v) is 4.58. The van der Waals surface area contributed by atoms with E-state index in [4.69, 9.17) is 11.6 Å². The first-order chi connectivity index (χ1) is 8.33. The van der Waals surface area contributed by atoms with Crippen LogP contribution in [-0.2, 0) is 13.0 Å². The van der Waals surface area contributed by atoms with Gasteiger partial charge in [0.15, 0.2) is 0 Å². The van der Waals surface area contributed by atoms with Crippen LogP contribution in [0.2, 0.25) is 5.02 Å². The summed E-state index contributed by atoms with van der Waals surface area (Å²) in [4.78, 5) is 10.7. The highest BCUT2D eigenvalue weighted by atomic mass is 35.5. The van der Waals surface area contributed by atoms with E-state index < -0.39 is 0 Å². The van der Waals surface area contributed by atoms with Gasteiger partial charge in [0, 0.05) is 13.1 Å². The van der Waals surface area contributed by atoms with Gasteiger partial charge < -0.3 is 4.90 Å². The Bertz CT molecular complexity index is 524. The monoisotopic (exact) mass is 245 g/mol. The van der Waals surface area contributed by atoms with Crippen molar-refractivity contribution in [3.63, 3.8) is 0 Å². The van der Waals surface area contributed by atoms with Crippen molar-refractivity contribution >= 4 is 17.5 Å². The van der Waals surface area contributed by atoms with Crippen LogP contribution >= 0.6 is 11.6 Å². The summed E-state index contributed by atoms with van der Waals surface area (Å²) in [6.45, 7) is 1.83. The molecule has 2 aromatic rings. The van der Waals surface area contributed by atoms with Crippen LogP contribution in [0.4, 0.5) is 5.95 Å². The number of rotatable bonds is 1. The zero-order chi connectivity index (χ0) is 11.7. The van der Waals surface area contributed by atoms with E-state index in [0.29, 0.717) is 5.02 Å². The van der Waals surface area contributed by atoms with Crippen LogP contribution in [0.3, 0.4) is 0 Å². The highest BCUT2D eigenvalue weighted by Crippen LogP contribution is 2.21. The molecule has 2 heterocycles. The van der Waals surface area contributed by atoms with E-state index in [1.165, 1.54) is 11.1 Å². The Morgan fingerprint density at radius 2 is 1.76 bits per heavy atom. The third kappa shape index (κ3) is 2.11. The molecule has 0 bridgehead atoms. The predicted molar refractivity (Wildman–Crippen MR) is 68.2 cm³/mol. The Kier molecular flexibility index (Phi) is 2.69. The number of benzene rings is 1. The van der Waals surface area contributed by atoms with Crippen molar-refractivity contribution in [3.8, 4) is 0 Å². The molecule has 0 spiro atoms. The van der Waals surface area contributed by atoms with Crippen LogP contribution in [0.25, 0.3) is 0 Å². The van der Waals surface area contributed by atoms with Crippen molar-refractivity contribution in [3.05, 3.63) is 52.8 Å². The normalized spacial score (nSPS) is 14.5. The molecular weight excluding hydrogens is 234 g/mol. The van der Waals surface area contributed by atoms with E-state index in [-0.39, 0.29) is 0 Å². The molecule has 1 aromatic carbocycles. The molecule has 0 saturated heterocycles. The molecule has 1 aromatic heterocycles. The Morgan fingerprint density at radius 3 is 2.53 bits per heavy atom. The topological polar surface area (TPSA) is 29.0 Å². The molecule has 17 heavy (non-hydrogen) atoms. The van der Waals surface area contributed by atoms with E-state index in [0.717, 1.165) is 25.5 Å². The van der Waals surface area contributed by atoms with Gasteiger partial charge in [-0.15, -0.1) is 0 Å². The summed E-state index contributed by atoms with van der Waals surface area (Å²) in [7, 11) is 0. The Labute approximate surface area is 105 Å². The second kappa shape index (κ2) is 4.34. The molecule has 0 N–H and O–H groups in total. The summed E-state index contributed by atoms with van der Waals surface area (Å²) in [5.41, 5.74) is 2.79. The van der Waals surface area contributed by atoms with Gasteiger partial charge in [-0.1, -0.05) is 35.9 Å². The van der Waals surface area contributed by atoms with E-state index in [1.54, 1.807) is 12.4 Å². The molecule has 3 nitrogen and oxygen atoms in total. The van der Waals surface area contributed by atoms with E-state index in [9.17, 15) is 0 Å². The first-order valence-electron chi connectivity index (χ1n) is 5.62. The summed E-state index contributed by atoms with van der Waals surface area (Å²) < 4.78 is 0. The molecule has 0 unspecified atom stereocenters. The van der Waals surface area contributed by atoms with Crippen LogP contribution in [-0.4, -0.2) is 16.5 Å². The highest BCUT2D eigenvalue weighted by Gasteiger charge is 2.17.